The number of hydrogen-bond donors (Lipinski definition) is 0. The summed E-state index contributed by atoms with van der Waals surface area (Å²) in [4.78, 5) is 12.0. The Morgan fingerprint density at radius 3 is 2.12 bits per heavy atom. The molecule has 0 spiro atoms. The molecule has 0 bridgehead atoms. The summed E-state index contributed by atoms with van der Waals surface area (Å²) in [7, 11) is 0. The molecule has 0 aromatic heterocycles. The van der Waals surface area contributed by atoms with Crippen LogP contribution in [0.5, 0.6) is 0 Å². The molecule has 3 rings (SSSR count). The quantitative estimate of drug-likeness (QED) is 0.343. The van der Waals surface area contributed by atoms with Crippen LogP contribution >= 0.6 is 0 Å². The molecule has 0 aliphatic heterocycles. The smallest absolute Gasteiger partial charge is 0.338 e. The number of esters is 1. The lowest BCUT2D eigenvalue weighted by atomic mass is 9.71. The normalized spacial score (nSPS) is 19.2. The predicted molar refractivity (Wildman–Crippen MR) is 136 cm³/mol. The molecule has 172 valence electrons. The van der Waals surface area contributed by atoms with Gasteiger partial charge in [-0.2, -0.15) is 0 Å². The van der Waals surface area contributed by atoms with Gasteiger partial charge in [0.05, 0.1) is 12.2 Å². The Bertz CT molecular complexity index is 1020. The molecule has 0 saturated carbocycles. The summed E-state index contributed by atoms with van der Waals surface area (Å²) in [6.45, 7) is 21.0. The van der Waals surface area contributed by atoms with E-state index < -0.39 is 0 Å². The van der Waals surface area contributed by atoms with Gasteiger partial charge in [-0.15, -0.1) is 0 Å². The second-order valence-electron chi connectivity index (χ2n) is 11.0. The van der Waals surface area contributed by atoms with Gasteiger partial charge in [0.1, 0.15) is 0 Å². The molecular formula is C30H40O2. The van der Waals surface area contributed by atoms with Gasteiger partial charge in [-0.3, -0.25) is 0 Å². The Labute approximate surface area is 195 Å². The molecule has 0 N–H and O–H groups in total. The largest absolute Gasteiger partial charge is 0.462 e. The molecule has 1 unspecified atom stereocenters. The van der Waals surface area contributed by atoms with E-state index >= 15 is 0 Å². The molecule has 32 heavy (non-hydrogen) atoms. The minimum absolute atomic E-state index is 0.144. The fourth-order valence-electron chi connectivity index (χ4n) is 5.31. The predicted octanol–water partition coefficient (Wildman–Crippen LogP) is 7.83. The van der Waals surface area contributed by atoms with E-state index in [0.29, 0.717) is 24.0 Å². The lowest BCUT2D eigenvalue weighted by Gasteiger charge is -2.32. The van der Waals surface area contributed by atoms with E-state index in [2.05, 4.69) is 73.6 Å². The molecule has 2 aromatic carbocycles. The second-order valence-corrected chi connectivity index (χ2v) is 11.0. The fourth-order valence-corrected chi connectivity index (χ4v) is 5.31. The van der Waals surface area contributed by atoms with Crippen molar-refractivity contribution in [2.45, 2.75) is 79.6 Å². The summed E-state index contributed by atoms with van der Waals surface area (Å²) in [6, 6.07) is 12.7. The molecule has 1 aliphatic rings. The second kappa shape index (κ2) is 8.89. The lowest BCUT2D eigenvalue weighted by molar-refractivity contribution is 0.0526. The average Bonchev–Trinajstić information content (AvgIpc) is 2.85. The summed E-state index contributed by atoms with van der Waals surface area (Å²) >= 11 is 0. The third-order valence-electron chi connectivity index (χ3n) is 7.65. The van der Waals surface area contributed by atoms with Crippen LogP contribution in [0, 0.1) is 11.8 Å². The van der Waals surface area contributed by atoms with E-state index in [1.165, 1.54) is 27.8 Å². The maximum Gasteiger partial charge on any atom is 0.338 e. The highest BCUT2D eigenvalue weighted by Crippen LogP contribution is 2.54. The van der Waals surface area contributed by atoms with E-state index in [1.807, 2.05) is 31.2 Å². The van der Waals surface area contributed by atoms with Gasteiger partial charge in [0.2, 0.25) is 0 Å². The van der Waals surface area contributed by atoms with E-state index in [0.717, 1.165) is 12.0 Å². The summed E-state index contributed by atoms with van der Waals surface area (Å²) < 4.78 is 5.10. The molecule has 1 atom stereocenters. The summed E-state index contributed by atoms with van der Waals surface area (Å²) in [5.74, 6) is 0.904. The van der Waals surface area contributed by atoms with E-state index in [-0.39, 0.29) is 16.8 Å². The van der Waals surface area contributed by atoms with E-state index in [9.17, 15) is 4.79 Å². The van der Waals surface area contributed by atoms with Crippen LogP contribution in [0.25, 0.3) is 11.6 Å². The van der Waals surface area contributed by atoms with Crippen molar-refractivity contribution in [3.05, 3.63) is 69.8 Å². The Hall–Kier alpha value is -2.35. The Balaban J connectivity index is 2.06. The first-order valence-corrected chi connectivity index (χ1v) is 12.0. The Morgan fingerprint density at radius 1 is 1.03 bits per heavy atom. The van der Waals surface area contributed by atoms with Crippen molar-refractivity contribution in [2.75, 3.05) is 6.61 Å². The van der Waals surface area contributed by atoms with Gasteiger partial charge in [-0.1, -0.05) is 78.8 Å². The highest BCUT2D eigenvalue weighted by molar-refractivity contribution is 5.90. The monoisotopic (exact) mass is 432 g/mol. The number of carbonyl (C=O) groups excluding carboxylic acids is 1. The van der Waals surface area contributed by atoms with Crippen LogP contribution in [0.2, 0.25) is 0 Å². The molecule has 0 amide bonds. The van der Waals surface area contributed by atoms with Crippen LogP contribution in [-0.2, 0) is 22.0 Å². The Morgan fingerprint density at radius 2 is 1.59 bits per heavy atom. The first-order chi connectivity index (χ1) is 14.9. The van der Waals surface area contributed by atoms with Crippen molar-refractivity contribution >= 4 is 17.6 Å². The fraction of sp³-hybridized carbons (Fsp3) is 0.500. The highest BCUT2D eigenvalue weighted by atomic mass is 16.5. The van der Waals surface area contributed by atoms with Gasteiger partial charge < -0.3 is 4.74 Å². The summed E-state index contributed by atoms with van der Waals surface area (Å²) in [6.07, 6.45) is 3.30. The maximum absolute atomic E-state index is 12.0. The van der Waals surface area contributed by atoms with Crippen molar-refractivity contribution in [2.24, 2.45) is 11.8 Å². The third-order valence-corrected chi connectivity index (χ3v) is 7.65. The zero-order valence-corrected chi connectivity index (χ0v) is 21.4. The number of ether oxygens (including phenoxy) is 1. The molecular weight excluding hydrogens is 392 g/mol. The number of hydrogen-bond acceptors (Lipinski definition) is 2. The van der Waals surface area contributed by atoms with Gasteiger partial charge in [-0.05, 0) is 88.5 Å². The zero-order valence-electron chi connectivity index (χ0n) is 21.4. The van der Waals surface area contributed by atoms with Crippen LogP contribution in [0.3, 0.4) is 0 Å². The van der Waals surface area contributed by atoms with Crippen LogP contribution in [0.4, 0.5) is 0 Å². The van der Waals surface area contributed by atoms with E-state index in [4.69, 9.17) is 4.74 Å². The van der Waals surface area contributed by atoms with Crippen LogP contribution in [-0.4, -0.2) is 12.6 Å². The van der Waals surface area contributed by atoms with Crippen LogP contribution in [0.1, 0.15) is 100 Å². The number of allylic oxidation sites excluding steroid dienone is 1. The number of carbonyl (C=O) groups is 1. The van der Waals surface area contributed by atoms with Crippen LogP contribution in [0.15, 0.2) is 36.4 Å². The summed E-state index contributed by atoms with van der Waals surface area (Å²) in [5, 5.41) is 0. The zero-order chi connectivity index (χ0) is 23.8. The standard InChI is InChI=1S/C30H40O2/c1-10-32-28(31)23-13-11-22(12-14-23)16-20(4)25-18-27-26(17-24(25)15-19(2)3)29(6,7)21(5)30(27,8)9/h11-14,16-19,21H,10,15H2,1-9H3/b20-16+. The van der Waals surface area contributed by atoms with Gasteiger partial charge in [0.25, 0.3) is 0 Å². The first kappa shape index (κ1) is 24.3. The lowest BCUT2D eigenvalue weighted by Crippen LogP contribution is -2.30. The van der Waals surface area contributed by atoms with Crippen molar-refractivity contribution < 1.29 is 9.53 Å². The molecule has 0 saturated heterocycles. The molecule has 0 heterocycles. The molecule has 2 aromatic rings. The van der Waals surface area contributed by atoms with Crippen molar-refractivity contribution in [1.29, 1.82) is 0 Å². The SMILES string of the molecule is CCOC(=O)c1ccc(/C=C(\C)c2cc3c(cc2CC(C)C)C(C)(C)C(C)C3(C)C)cc1. The topological polar surface area (TPSA) is 26.3 Å². The Kier molecular flexibility index (Phi) is 6.75. The molecule has 2 nitrogen and oxygen atoms in total. The minimum Gasteiger partial charge on any atom is -0.462 e. The van der Waals surface area contributed by atoms with Crippen molar-refractivity contribution in [3.63, 3.8) is 0 Å². The van der Waals surface area contributed by atoms with Gasteiger partial charge >= 0.3 is 5.97 Å². The number of fused-ring (bicyclic) bond motifs is 1. The molecule has 1 aliphatic carbocycles. The van der Waals surface area contributed by atoms with Crippen molar-refractivity contribution in [3.8, 4) is 0 Å². The number of benzene rings is 2. The molecule has 2 heteroatoms. The molecule has 0 fully saturated rings. The van der Waals surface area contributed by atoms with Gasteiger partial charge in [0.15, 0.2) is 0 Å². The highest BCUT2D eigenvalue weighted by Gasteiger charge is 2.48. The van der Waals surface area contributed by atoms with E-state index in [1.54, 1.807) is 0 Å². The molecule has 0 radical (unpaired) electrons. The van der Waals surface area contributed by atoms with Gasteiger partial charge in [-0.25, -0.2) is 4.79 Å². The average molecular weight is 433 g/mol. The maximum atomic E-state index is 12.0. The van der Waals surface area contributed by atoms with Crippen molar-refractivity contribution in [1.82, 2.24) is 0 Å². The number of rotatable bonds is 6. The minimum atomic E-state index is -0.267. The van der Waals surface area contributed by atoms with Crippen LogP contribution < -0.4 is 0 Å². The summed E-state index contributed by atoms with van der Waals surface area (Å²) in [5.41, 5.74) is 9.06. The third kappa shape index (κ3) is 4.42. The van der Waals surface area contributed by atoms with Gasteiger partial charge in [0, 0.05) is 0 Å². The first-order valence-electron chi connectivity index (χ1n) is 12.0.